The minimum absolute atomic E-state index is 0.0182. The summed E-state index contributed by atoms with van der Waals surface area (Å²) in [6, 6.07) is 7.79. The first-order chi connectivity index (χ1) is 15.3. The number of amides is 1. The van der Waals surface area contributed by atoms with Gasteiger partial charge >= 0.3 is 6.16 Å². The first-order valence-corrected chi connectivity index (χ1v) is 11.0. The van der Waals surface area contributed by atoms with Crippen LogP contribution in [0, 0.1) is 10.1 Å². The summed E-state index contributed by atoms with van der Waals surface area (Å²) in [4.78, 5) is 35.0. The quantitative estimate of drug-likeness (QED) is 0.121. The number of nitrogens with zero attached hydrogens (tertiary/aromatic N) is 1. The van der Waals surface area contributed by atoms with Crippen molar-refractivity contribution in [2.24, 2.45) is 0 Å². The summed E-state index contributed by atoms with van der Waals surface area (Å²) in [5.41, 5.74) is -0.0878. The third-order valence-corrected chi connectivity index (χ3v) is 5.06. The summed E-state index contributed by atoms with van der Waals surface area (Å²) < 4.78 is 10.3. The standard InChI is InChI=1S/C22H24Cl2N2O6/c1-2-3-4-5-6-7-12-31-22(28)32-20-11-8-15(23)13-17(20)21(27)25-19-10-9-16(26(29)30)14-18(19)24/h8-11,13-14H,2-7,12H2,1H3,(H,25,27). The van der Waals surface area contributed by atoms with E-state index in [0.717, 1.165) is 38.2 Å². The predicted octanol–water partition coefficient (Wildman–Crippen LogP) is 7.03. The van der Waals surface area contributed by atoms with E-state index in [2.05, 4.69) is 12.2 Å². The van der Waals surface area contributed by atoms with Crippen LogP contribution in [-0.2, 0) is 4.74 Å². The number of rotatable bonds is 11. The molecule has 0 bridgehead atoms. The topological polar surface area (TPSA) is 108 Å². The van der Waals surface area contributed by atoms with E-state index in [1.165, 1.54) is 36.8 Å². The van der Waals surface area contributed by atoms with E-state index in [0.29, 0.717) is 0 Å². The van der Waals surface area contributed by atoms with Crippen LogP contribution >= 0.6 is 23.2 Å². The molecule has 0 heterocycles. The van der Waals surface area contributed by atoms with E-state index in [-0.39, 0.29) is 39.3 Å². The Labute approximate surface area is 195 Å². The van der Waals surface area contributed by atoms with Crippen molar-refractivity contribution in [3.63, 3.8) is 0 Å². The van der Waals surface area contributed by atoms with Crippen molar-refractivity contribution in [1.29, 1.82) is 0 Å². The van der Waals surface area contributed by atoms with Crippen molar-refractivity contribution < 1.29 is 24.0 Å². The van der Waals surface area contributed by atoms with E-state index in [4.69, 9.17) is 32.7 Å². The summed E-state index contributed by atoms with van der Waals surface area (Å²) >= 11 is 12.0. The Balaban J connectivity index is 1.99. The molecule has 0 radical (unpaired) electrons. The Morgan fingerprint density at radius 2 is 1.75 bits per heavy atom. The number of hydrogen-bond donors (Lipinski definition) is 1. The molecule has 0 aliphatic rings. The fourth-order valence-corrected chi connectivity index (χ4v) is 3.23. The first kappa shape index (κ1) is 25.4. The fourth-order valence-electron chi connectivity index (χ4n) is 2.83. The van der Waals surface area contributed by atoms with Crippen LogP contribution in [0.2, 0.25) is 10.0 Å². The van der Waals surface area contributed by atoms with E-state index < -0.39 is 17.0 Å². The summed E-state index contributed by atoms with van der Waals surface area (Å²) in [5.74, 6) is -0.708. The molecule has 0 fully saturated rings. The van der Waals surface area contributed by atoms with Crippen LogP contribution in [0.15, 0.2) is 36.4 Å². The minimum atomic E-state index is -0.928. The number of hydrogen-bond acceptors (Lipinski definition) is 6. The number of nitro benzene ring substituents is 1. The van der Waals surface area contributed by atoms with Crippen LogP contribution in [0.4, 0.5) is 16.2 Å². The van der Waals surface area contributed by atoms with Crippen LogP contribution < -0.4 is 10.1 Å². The van der Waals surface area contributed by atoms with Crippen molar-refractivity contribution in [2.75, 3.05) is 11.9 Å². The Bertz CT molecular complexity index is 967. The van der Waals surface area contributed by atoms with Gasteiger partial charge < -0.3 is 14.8 Å². The maximum Gasteiger partial charge on any atom is 0.513 e. The molecule has 8 nitrogen and oxygen atoms in total. The van der Waals surface area contributed by atoms with Gasteiger partial charge in [-0.1, -0.05) is 62.2 Å². The van der Waals surface area contributed by atoms with Gasteiger partial charge in [-0.3, -0.25) is 14.9 Å². The molecule has 0 atom stereocenters. The number of carbonyl (C=O) groups excluding carboxylic acids is 2. The Morgan fingerprint density at radius 3 is 2.44 bits per heavy atom. The SMILES string of the molecule is CCCCCCCCOC(=O)Oc1ccc(Cl)cc1C(=O)Nc1ccc([N+](=O)[O-])cc1Cl. The molecule has 1 N–H and O–H groups in total. The molecular formula is C22H24Cl2N2O6. The summed E-state index contributed by atoms with van der Waals surface area (Å²) in [6.45, 7) is 2.36. The molecule has 10 heteroatoms. The van der Waals surface area contributed by atoms with Gasteiger partial charge in [-0.05, 0) is 30.7 Å². The van der Waals surface area contributed by atoms with Crippen LogP contribution in [0.5, 0.6) is 5.75 Å². The maximum atomic E-state index is 12.7. The van der Waals surface area contributed by atoms with Gasteiger partial charge in [0, 0.05) is 17.2 Å². The van der Waals surface area contributed by atoms with Crippen molar-refractivity contribution in [2.45, 2.75) is 45.4 Å². The molecule has 0 aliphatic heterocycles. The molecule has 32 heavy (non-hydrogen) atoms. The lowest BCUT2D eigenvalue weighted by molar-refractivity contribution is -0.384. The molecule has 0 spiro atoms. The molecule has 2 aromatic rings. The third-order valence-electron chi connectivity index (χ3n) is 4.51. The summed E-state index contributed by atoms with van der Waals surface area (Å²) in [6.07, 6.45) is 5.35. The second kappa shape index (κ2) is 12.9. The van der Waals surface area contributed by atoms with E-state index in [9.17, 15) is 19.7 Å². The van der Waals surface area contributed by atoms with Crippen molar-refractivity contribution >= 4 is 46.6 Å². The number of nitrogens with one attached hydrogen (secondary N) is 1. The number of unbranched alkanes of at least 4 members (excludes halogenated alkanes) is 5. The average Bonchev–Trinajstić information content (AvgIpc) is 2.75. The molecule has 1 amide bonds. The molecule has 2 rings (SSSR count). The highest BCUT2D eigenvalue weighted by molar-refractivity contribution is 6.34. The number of benzene rings is 2. The number of non-ortho nitro benzene ring substituents is 1. The Kier molecular flexibility index (Phi) is 10.2. The third kappa shape index (κ3) is 8.01. The van der Waals surface area contributed by atoms with Gasteiger partial charge in [-0.25, -0.2) is 4.79 Å². The summed E-state index contributed by atoms with van der Waals surface area (Å²) in [7, 11) is 0. The van der Waals surface area contributed by atoms with Gasteiger partial charge in [0.25, 0.3) is 11.6 Å². The van der Waals surface area contributed by atoms with E-state index >= 15 is 0 Å². The van der Waals surface area contributed by atoms with Crippen LogP contribution in [-0.4, -0.2) is 23.6 Å². The lowest BCUT2D eigenvalue weighted by atomic mass is 10.1. The van der Waals surface area contributed by atoms with Crippen LogP contribution in [0.3, 0.4) is 0 Å². The largest absolute Gasteiger partial charge is 0.513 e. The molecule has 0 aliphatic carbocycles. The molecule has 0 saturated carbocycles. The zero-order valence-corrected chi connectivity index (χ0v) is 19.1. The maximum absolute atomic E-state index is 12.7. The molecule has 0 aromatic heterocycles. The van der Waals surface area contributed by atoms with Crippen LogP contribution in [0.1, 0.15) is 55.8 Å². The van der Waals surface area contributed by atoms with Crippen LogP contribution in [0.25, 0.3) is 0 Å². The van der Waals surface area contributed by atoms with Gasteiger partial charge in [-0.15, -0.1) is 0 Å². The van der Waals surface area contributed by atoms with Gasteiger partial charge in [-0.2, -0.15) is 0 Å². The van der Waals surface area contributed by atoms with Gasteiger partial charge in [0.2, 0.25) is 0 Å². The second-order valence-electron chi connectivity index (χ2n) is 6.98. The van der Waals surface area contributed by atoms with Gasteiger partial charge in [0.1, 0.15) is 5.75 Å². The van der Waals surface area contributed by atoms with Gasteiger partial charge in [0.15, 0.2) is 0 Å². The lowest BCUT2D eigenvalue weighted by Crippen LogP contribution is -2.17. The van der Waals surface area contributed by atoms with Crippen molar-refractivity contribution in [3.05, 3.63) is 62.1 Å². The second-order valence-corrected chi connectivity index (χ2v) is 7.83. The molecule has 2 aromatic carbocycles. The average molecular weight is 483 g/mol. The molecule has 0 saturated heterocycles. The predicted molar refractivity (Wildman–Crippen MR) is 123 cm³/mol. The number of nitro groups is 1. The Hall–Kier alpha value is -2.84. The van der Waals surface area contributed by atoms with Crippen molar-refractivity contribution in [3.8, 4) is 5.75 Å². The molecular weight excluding hydrogens is 459 g/mol. The Morgan fingerprint density at radius 1 is 1.03 bits per heavy atom. The minimum Gasteiger partial charge on any atom is -0.434 e. The zero-order chi connectivity index (χ0) is 23.5. The smallest absolute Gasteiger partial charge is 0.434 e. The summed E-state index contributed by atoms with van der Waals surface area (Å²) in [5, 5.41) is 13.6. The fraction of sp³-hybridized carbons (Fsp3) is 0.364. The lowest BCUT2D eigenvalue weighted by Gasteiger charge is -2.12. The first-order valence-electron chi connectivity index (χ1n) is 10.2. The highest BCUT2D eigenvalue weighted by Gasteiger charge is 2.19. The normalized spacial score (nSPS) is 10.5. The van der Waals surface area contributed by atoms with E-state index in [1.54, 1.807) is 0 Å². The van der Waals surface area contributed by atoms with Crippen molar-refractivity contribution in [1.82, 2.24) is 0 Å². The molecule has 172 valence electrons. The number of ether oxygens (including phenoxy) is 2. The van der Waals surface area contributed by atoms with Gasteiger partial charge in [0.05, 0.1) is 27.8 Å². The monoisotopic (exact) mass is 482 g/mol. The highest BCUT2D eigenvalue weighted by atomic mass is 35.5. The number of carbonyl (C=O) groups is 2. The number of anilines is 1. The van der Waals surface area contributed by atoms with E-state index in [1.807, 2.05) is 0 Å². The highest BCUT2D eigenvalue weighted by Crippen LogP contribution is 2.29. The zero-order valence-electron chi connectivity index (χ0n) is 17.6. The number of halogens is 2. The molecule has 0 unspecified atom stereocenters.